The van der Waals surface area contributed by atoms with Crippen molar-refractivity contribution in [3.8, 4) is 0 Å². The van der Waals surface area contributed by atoms with Gasteiger partial charge in [0.1, 0.15) is 0 Å². The molecule has 112 valence electrons. The smallest absolute Gasteiger partial charge is 0.0609 e. The summed E-state index contributed by atoms with van der Waals surface area (Å²) in [6.45, 7) is 3.54. The Bertz CT molecular complexity index is 363. The molecule has 2 rings (SSSR count). The van der Waals surface area contributed by atoms with Crippen LogP contribution in [0.3, 0.4) is 0 Å². The van der Waals surface area contributed by atoms with Crippen LogP contribution >= 0.6 is 11.8 Å². The van der Waals surface area contributed by atoms with Crippen molar-refractivity contribution in [1.29, 1.82) is 0 Å². The van der Waals surface area contributed by atoms with E-state index in [1.54, 1.807) is 0 Å². The maximum atomic E-state index is 10.4. The fourth-order valence-corrected chi connectivity index (χ4v) is 3.43. The van der Waals surface area contributed by atoms with Crippen molar-refractivity contribution in [2.45, 2.75) is 31.8 Å². The topological polar surface area (TPSA) is 23.5 Å². The predicted octanol–water partition coefficient (Wildman–Crippen LogP) is 3.06. The van der Waals surface area contributed by atoms with Gasteiger partial charge in [-0.05, 0) is 68.8 Å². The molecule has 1 heterocycles. The first kappa shape index (κ1) is 15.9. The van der Waals surface area contributed by atoms with Gasteiger partial charge in [-0.15, -0.1) is 0 Å². The Labute approximate surface area is 127 Å². The van der Waals surface area contributed by atoms with Crippen molar-refractivity contribution in [3.05, 3.63) is 35.9 Å². The quantitative estimate of drug-likeness (QED) is 0.782. The van der Waals surface area contributed by atoms with E-state index in [1.165, 1.54) is 24.3 Å². The van der Waals surface area contributed by atoms with E-state index < -0.39 is 0 Å². The van der Waals surface area contributed by atoms with Crippen LogP contribution in [-0.4, -0.2) is 47.8 Å². The number of aliphatic hydroxyl groups is 1. The molecule has 3 heteroatoms. The van der Waals surface area contributed by atoms with Gasteiger partial charge in [-0.1, -0.05) is 30.3 Å². The zero-order valence-corrected chi connectivity index (χ0v) is 13.3. The van der Waals surface area contributed by atoms with Crippen LogP contribution in [0.15, 0.2) is 30.3 Å². The molecule has 1 aliphatic heterocycles. The molecule has 0 amide bonds. The fourth-order valence-electron chi connectivity index (χ4n) is 3.02. The molecule has 1 fully saturated rings. The standard InChI is InChI=1S/C17H27NOS/c1-20-13-5-10-18-11-8-16(9-12-18)17(19)14-15-6-3-2-4-7-15/h2-4,6-7,16-17,19H,5,8-14H2,1H3. The number of hydrogen-bond donors (Lipinski definition) is 1. The molecule has 0 aliphatic carbocycles. The Balaban J connectivity index is 1.70. The molecule has 1 N–H and O–H groups in total. The fraction of sp³-hybridized carbons (Fsp3) is 0.647. The highest BCUT2D eigenvalue weighted by atomic mass is 32.2. The number of thioether (sulfide) groups is 1. The monoisotopic (exact) mass is 293 g/mol. The molecule has 0 spiro atoms. The van der Waals surface area contributed by atoms with Gasteiger partial charge >= 0.3 is 0 Å². The van der Waals surface area contributed by atoms with Crippen LogP contribution in [0.5, 0.6) is 0 Å². The summed E-state index contributed by atoms with van der Waals surface area (Å²) in [6.07, 6.45) is 6.38. The van der Waals surface area contributed by atoms with Gasteiger partial charge in [0.05, 0.1) is 6.10 Å². The second kappa shape index (κ2) is 8.71. The van der Waals surface area contributed by atoms with Gasteiger partial charge < -0.3 is 10.0 Å². The second-order valence-corrected chi connectivity index (χ2v) is 6.77. The summed E-state index contributed by atoms with van der Waals surface area (Å²) in [6, 6.07) is 10.4. The van der Waals surface area contributed by atoms with E-state index in [0.29, 0.717) is 5.92 Å². The summed E-state index contributed by atoms with van der Waals surface area (Å²) < 4.78 is 0. The number of rotatable bonds is 7. The molecule has 0 saturated carbocycles. The predicted molar refractivity (Wildman–Crippen MR) is 88.3 cm³/mol. The minimum atomic E-state index is -0.175. The van der Waals surface area contributed by atoms with Crippen molar-refractivity contribution in [1.82, 2.24) is 4.90 Å². The van der Waals surface area contributed by atoms with Gasteiger partial charge in [-0.2, -0.15) is 11.8 Å². The normalized spacial score (nSPS) is 19.1. The number of aliphatic hydroxyl groups excluding tert-OH is 1. The third-order valence-corrected chi connectivity index (χ3v) is 4.98. The minimum Gasteiger partial charge on any atom is -0.392 e. The van der Waals surface area contributed by atoms with Crippen LogP contribution in [0, 0.1) is 5.92 Å². The summed E-state index contributed by atoms with van der Waals surface area (Å²) in [5.74, 6) is 1.74. The van der Waals surface area contributed by atoms with Gasteiger partial charge in [-0.25, -0.2) is 0 Å². The molecule has 1 atom stereocenters. The zero-order valence-electron chi connectivity index (χ0n) is 12.5. The van der Waals surface area contributed by atoms with E-state index >= 15 is 0 Å². The Morgan fingerprint density at radius 2 is 1.95 bits per heavy atom. The largest absolute Gasteiger partial charge is 0.392 e. The Morgan fingerprint density at radius 3 is 2.60 bits per heavy atom. The highest BCUT2D eigenvalue weighted by Crippen LogP contribution is 2.23. The molecule has 1 unspecified atom stereocenters. The van der Waals surface area contributed by atoms with Crippen LogP contribution in [0.25, 0.3) is 0 Å². The number of hydrogen-bond acceptors (Lipinski definition) is 3. The summed E-state index contributed by atoms with van der Waals surface area (Å²) >= 11 is 1.93. The SMILES string of the molecule is CSCCCN1CCC(C(O)Cc2ccccc2)CC1. The number of piperidine rings is 1. The van der Waals surface area contributed by atoms with Gasteiger partial charge in [0, 0.05) is 0 Å². The molecule has 20 heavy (non-hydrogen) atoms. The number of benzene rings is 1. The first-order chi connectivity index (χ1) is 9.79. The summed E-state index contributed by atoms with van der Waals surface area (Å²) in [7, 11) is 0. The van der Waals surface area contributed by atoms with E-state index in [4.69, 9.17) is 0 Å². The maximum absolute atomic E-state index is 10.4. The average molecular weight is 293 g/mol. The minimum absolute atomic E-state index is 0.175. The molecule has 0 aromatic heterocycles. The first-order valence-electron chi connectivity index (χ1n) is 7.73. The third kappa shape index (κ3) is 5.12. The van der Waals surface area contributed by atoms with E-state index in [1.807, 2.05) is 17.8 Å². The average Bonchev–Trinajstić information content (AvgIpc) is 2.49. The highest BCUT2D eigenvalue weighted by Gasteiger charge is 2.24. The van der Waals surface area contributed by atoms with Gasteiger partial charge in [-0.3, -0.25) is 0 Å². The molecular weight excluding hydrogens is 266 g/mol. The van der Waals surface area contributed by atoms with Crippen molar-refractivity contribution < 1.29 is 5.11 Å². The van der Waals surface area contributed by atoms with E-state index in [2.05, 4.69) is 35.4 Å². The number of nitrogens with zero attached hydrogens (tertiary/aromatic N) is 1. The zero-order chi connectivity index (χ0) is 14.2. The summed E-state index contributed by atoms with van der Waals surface area (Å²) in [5, 5.41) is 10.4. The Morgan fingerprint density at radius 1 is 1.25 bits per heavy atom. The van der Waals surface area contributed by atoms with Crippen molar-refractivity contribution in [2.24, 2.45) is 5.92 Å². The molecular formula is C17H27NOS. The van der Waals surface area contributed by atoms with Gasteiger partial charge in [0.15, 0.2) is 0 Å². The Kier molecular flexibility index (Phi) is 6.91. The van der Waals surface area contributed by atoms with Crippen LogP contribution in [0.2, 0.25) is 0 Å². The lowest BCUT2D eigenvalue weighted by molar-refractivity contribution is 0.0598. The van der Waals surface area contributed by atoms with Gasteiger partial charge in [0.2, 0.25) is 0 Å². The Hall–Kier alpha value is -0.510. The highest BCUT2D eigenvalue weighted by molar-refractivity contribution is 7.98. The molecule has 2 nitrogen and oxygen atoms in total. The van der Waals surface area contributed by atoms with Crippen LogP contribution in [0.1, 0.15) is 24.8 Å². The molecule has 1 aliphatic rings. The first-order valence-corrected chi connectivity index (χ1v) is 9.12. The van der Waals surface area contributed by atoms with Crippen LogP contribution < -0.4 is 0 Å². The number of likely N-dealkylation sites (tertiary alicyclic amines) is 1. The second-order valence-electron chi connectivity index (χ2n) is 5.78. The molecule has 0 bridgehead atoms. The van der Waals surface area contributed by atoms with E-state index in [9.17, 15) is 5.11 Å². The molecule has 1 aromatic carbocycles. The third-order valence-electron chi connectivity index (χ3n) is 4.29. The lowest BCUT2D eigenvalue weighted by atomic mass is 9.88. The summed E-state index contributed by atoms with van der Waals surface area (Å²) in [5.41, 5.74) is 1.25. The van der Waals surface area contributed by atoms with Crippen molar-refractivity contribution >= 4 is 11.8 Å². The van der Waals surface area contributed by atoms with Crippen LogP contribution in [-0.2, 0) is 6.42 Å². The summed E-state index contributed by atoms with van der Waals surface area (Å²) in [4.78, 5) is 2.56. The molecule has 1 aromatic rings. The lowest BCUT2D eigenvalue weighted by Gasteiger charge is -2.34. The van der Waals surface area contributed by atoms with Crippen molar-refractivity contribution in [2.75, 3.05) is 31.6 Å². The maximum Gasteiger partial charge on any atom is 0.0609 e. The lowest BCUT2D eigenvalue weighted by Crippen LogP contribution is -2.39. The van der Waals surface area contributed by atoms with Crippen LogP contribution in [0.4, 0.5) is 0 Å². The molecule has 0 radical (unpaired) electrons. The van der Waals surface area contributed by atoms with E-state index in [-0.39, 0.29) is 6.10 Å². The molecule has 1 saturated heterocycles. The van der Waals surface area contributed by atoms with Crippen molar-refractivity contribution in [3.63, 3.8) is 0 Å². The van der Waals surface area contributed by atoms with Gasteiger partial charge in [0.25, 0.3) is 0 Å². The van der Waals surface area contributed by atoms with E-state index in [0.717, 1.165) is 32.4 Å².